The topological polar surface area (TPSA) is 181 Å². The summed E-state index contributed by atoms with van der Waals surface area (Å²) in [6.45, 7) is 0. The molecule has 12 heteroatoms. The molecular weight excluding hydrogens is 235 g/mol. The first kappa shape index (κ1) is 22.8. The molecule has 0 aliphatic rings. The molecule has 0 aliphatic carbocycles. The highest BCUT2D eigenvalue weighted by molar-refractivity contribution is 7.80. The molecule has 0 aliphatic heterocycles. The predicted molar refractivity (Wildman–Crippen MR) is 41.9 cm³/mol. The van der Waals surface area contributed by atoms with Crippen LogP contribution in [0.15, 0.2) is 0 Å². The standard InChI is InChI=1S/Al.2H2O4S.H2O.3H/c;2*1-5(2,3)4;;;;/h;2*(H2,1,2,3,4);1H2;;;. The molecule has 78 valence electrons. The van der Waals surface area contributed by atoms with Crippen molar-refractivity contribution < 1.29 is 40.5 Å². The maximum Gasteiger partial charge on any atom is 0.394 e. The number of hydrogen-bond donors (Lipinski definition) is 4. The van der Waals surface area contributed by atoms with Crippen molar-refractivity contribution in [3.05, 3.63) is 0 Å². The van der Waals surface area contributed by atoms with Crippen molar-refractivity contribution in [1.29, 1.82) is 0 Å². The lowest BCUT2D eigenvalue weighted by atomic mass is 15.8. The van der Waals surface area contributed by atoms with Crippen LogP contribution in [0.3, 0.4) is 0 Å². The molecule has 0 saturated carbocycles. The van der Waals surface area contributed by atoms with Crippen molar-refractivity contribution in [3.63, 3.8) is 0 Å². The van der Waals surface area contributed by atoms with E-state index in [0.717, 1.165) is 0 Å². The van der Waals surface area contributed by atoms with Gasteiger partial charge >= 0.3 is 20.8 Å². The quantitative estimate of drug-likeness (QED) is 0.252. The van der Waals surface area contributed by atoms with Crippen LogP contribution in [0.2, 0.25) is 0 Å². The van der Waals surface area contributed by atoms with Crippen molar-refractivity contribution >= 4 is 38.2 Å². The van der Waals surface area contributed by atoms with Crippen LogP contribution in [-0.2, 0) is 20.8 Å². The van der Waals surface area contributed by atoms with Crippen LogP contribution in [0, 0.1) is 0 Å². The Morgan fingerprint density at radius 2 is 0.667 bits per heavy atom. The fourth-order valence-electron chi connectivity index (χ4n) is 0. The lowest BCUT2D eigenvalue weighted by molar-refractivity contribution is 0.378. The molecule has 0 saturated heterocycles. The minimum absolute atomic E-state index is 0. The van der Waals surface area contributed by atoms with E-state index >= 15 is 0 Å². The van der Waals surface area contributed by atoms with E-state index in [9.17, 15) is 0 Å². The number of hydrogen-bond acceptors (Lipinski definition) is 4. The molecule has 0 unspecified atom stereocenters. The summed E-state index contributed by atoms with van der Waals surface area (Å²) in [5.41, 5.74) is 0. The summed E-state index contributed by atoms with van der Waals surface area (Å²) < 4.78 is 63.2. The Balaban J connectivity index is -0.0000000457. The molecular formula is H9AlO9S2. The average Bonchev–Trinajstić information content (AvgIpc) is 1.12. The molecule has 0 rings (SSSR count). The van der Waals surface area contributed by atoms with E-state index in [1.54, 1.807) is 0 Å². The molecule has 6 N–H and O–H groups in total. The first-order chi connectivity index (χ1) is 4.00. The maximum absolute atomic E-state index is 8.74. The molecule has 0 bridgehead atoms. The van der Waals surface area contributed by atoms with Crippen LogP contribution in [0.1, 0.15) is 0 Å². The van der Waals surface area contributed by atoms with Gasteiger partial charge in [0.2, 0.25) is 0 Å². The molecule has 0 aromatic rings. The predicted octanol–water partition coefficient (Wildman–Crippen LogP) is -3.31. The summed E-state index contributed by atoms with van der Waals surface area (Å²) in [5, 5.41) is 0. The Morgan fingerprint density at radius 3 is 0.667 bits per heavy atom. The molecule has 0 amide bonds. The fraction of sp³-hybridized carbons (Fsp3) is 0. The van der Waals surface area contributed by atoms with E-state index < -0.39 is 20.8 Å². The zero-order chi connectivity index (χ0) is 9.00. The van der Waals surface area contributed by atoms with E-state index in [1.807, 2.05) is 0 Å². The van der Waals surface area contributed by atoms with Crippen molar-refractivity contribution in [2.24, 2.45) is 0 Å². The van der Waals surface area contributed by atoms with Gasteiger partial charge in [-0.1, -0.05) is 0 Å². The summed E-state index contributed by atoms with van der Waals surface area (Å²) in [7, 11) is -9.33. The lowest BCUT2D eigenvalue weighted by Crippen LogP contribution is -1.89. The molecule has 0 fully saturated rings. The highest BCUT2D eigenvalue weighted by Gasteiger charge is 1.85. The minimum Gasteiger partial charge on any atom is -0.412 e. The van der Waals surface area contributed by atoms with Gasteiger partial charge in [-0.05, 0) is 0 Å². The third-order valence-electron chi connectivity index (χ3n) is 0. The Morgan fingerprint density at radius 1 is 0.667 bits per heavy atom. The van der Waals surface area contributed by atoms with Crippen molar-refractivity contribution in [2.75, 3.05) is 0 Å². The van der Waals surface area contributed by atoms with Gasteiger partial charge in [0.05, 0.1) is 0 Å². The van der Waals surface area contributed by atoms with Gasteiger partial charge in [0, 0.05) is 0 Å². The van der Waals surface area contributed by atoms with Gasteiger partial charge in [-0.2, -0.15) is 16.8 Å². The third kappa shape index (κ3) is 16100. The third-order valence-corrected chi connectivity index (χ3v) is 0. The van der Waals surface area contributed by atoms with Crippen LogP contribution in [0.4, 0.5) is 0 Å². The monoisotopic (exact) mass is 244 g/mol. The Kier molecular flexibility index (Phi) is 14.9. The first-order valence-corrected chi connectivity index (χ1v) is 4.19. The van der Waals surface area contributed by atoms with Crippen LogP contribution in [0.5, 0.6) is 0 Å². The van der Waals surface area contributed by atoms with Gasteiger partial charge in [0.1, 0.15) is 0 Å². The highest BCUT2D eigenvalue weighted by Crippen LogP contribution is 1.59. The van der Waals surface area contributed by atoms with Crippen LogP contribution in [0.25, 0.3) is 0 Å². The van der Waals surface area contributed by atoms with Crippen LogP contribution >= 0.6 is 0 Å². The van der Waals surface area contributed by atoms with Crippen LogP contribution < -0.4 is 0 Å². The lowest BCUT2D eigenvalue weighted by Gasteiger charge is -1.68. The molecule has 0 aromatic heterocycles. The molecule has 12 heavy (non-hydrogen) atoms. The summed E-state index contributed by atoms with van der Waals surface area (Å²) in [6, 6.07) is 0. The maximum atomic E-state index is 8.74. The summed E-state index contributed by atoms with van der Waals surface area (Å²) in [5.74, 6) is 0. The zero-order valence-corrected chi connectivity index (χ0v) is 6.37. The van der Waals surface area contributed by atoms with Crippen molar-refractivity contribution in [1.82, 2.24) is 0 Å². The van der Waals surface area contributed by atoms with Gasteiger partial charge in [0.25, 0.3) is 0 Å². The second-order valence-corrected chi connectivity index (χ2v) is 2.69. The SMILES string of the molecule is O.O=S(=O)(O)O.O=S(=O)(O)O.[AlH3]. The summed E-state index contributed by atoms with van der Waals surface area (Å²) >= 11 is 0. The summed E-state index contributed by atoms with van der Waals surface area (Å²) in [4.78, 5) is 0. The zero-order valence-electron chi connectivity index (χ0n) is 4.74. The smallest absolute Gasteiger partial charge is 0.394 e. The normalized spacial score (nSPS) is 9.67. The Labute approximate surface area is 79.0 Å². The van der Waals surface area contributed by atoms with E-state index in [1.165, 1.54) is 0 Å². The highest BCUT2D eigenvalue weighted by atomic mass is 32.3. The van der Waals surface area contributed by atoms with Gasteiger partial charge in [-0.25, -0.2) is 0 Å². The van der Waals surface area contributed by atoms with Crippen molar-refractivity contribution in [2.45, 2.75) is 0 Å². The van der Waals surface area contributed by atoms with E-state index in [2.05, 4.69) is 0 Å². The average molecular weight is 244 g/mol. The minimum atomic E-state index is -4.67. The Hall–Kier alpha value is 0.232. The molecule has 0 heterocycles. The molecule has 0 radical (unpaired) electrons. The molecule has 0 spiro atoms. The van der Waals surface area contributed by atoms with Gasteiger partial charge in [0.15, 0.2) is 17.4 Å². The number of rotatable bonds is 0. The van der Waals surface area contributed by atoms with E-state index in [0.29, 0.717) is 0 Å². The fourth-order valence-corrected chi connectivity index (χ4v) is 0. The first-order valence-electron chi connectivity index (χ1n) is 1.40. The van der Waals surface area contributed by atoms with E-state index in [-0.39, 0.29) is 22.8 Å². The second kappa shape index (κ2) is 7.86. The molecule has 9 nitrogen and oxygen atoms in total. The molecule has 0 aromatic carbocycles. The Bertz CT molecular complexity index is 209. The molecule has 0 atom stereocenters. The van der Waals surface area contributed by atoms with E-state index in [4.69, 9.17) is 35.0 Å². The summed E-state index contributed by atoms with van der Waals surface area (Å²) in [6.07, 6.45) is 0. The van der Waals surface area contributed by atoms with Crippen molar-refractivity contribution in [3.8, 4) is 0 Å². The largest absolute Gasteiger partial charge is 0.412 e. The van der Waals surface area contributed by atoms with Gasteiger partial charge in [-0.3, -0.25) is 18.2 Å². The second-order valence-electron chi connectivity index (χ2n) is 0.896. The van der Waals surface area contributed by atoms with Gasteiger partial charge in [-0.15, -0.1) is 0 Å². The van der Waals surface area contributed by atoms with Crippen LogP contribution in [-0.4, -0.2) is 57.9 Å². The van der Waals surface area contributed by atoms with Gasteiger partial charge < -0.3 is 5.48 Å².